The van der Waals surface area contributed by atoms with E-state index in [-0.39, 0.29) is 36.5 Å². The van der Waals surface area contributed by atoms with Crippen LogP contribution in [0.2, 0.25) is 0 Å². The number of hydrogen-bond acceptors (Lipinski definition) is 13. The van der Waals surface area contributed by atoms with E-state index in [9.17, 15) is 33.9 Å². The molecule has 18 heteroatoms. The first-order valence-corrected chi connectivity index (χ1v) is 23.8. The minimum absolute atomic E-state index is 0.0333. The first-order valence-electron chi connectivity index (χ1n) is 23.8. The molecular weight excluding hydrogens is 892 g/mol. The zero-order chi connectivity index (χ0) is 48.4. The molecule has 0 radical (unpaired) electrons. The zero-order valence-corrected chi connectivity index (χ0v) is 38.6. The number of halogens is 1. The first kappa shape index (κ1) is 45.9. The number of amides is 4. The van der Waals surface area contributed by atoms with Crippen LogP contribution in [0.15, 0.2) is 104 Å². The molecule has 4 fully saturated rings. The molecule has 70 heavy (non-hydrogen) atoms. The molecule has 4 saturated heterocycles. The van der Waals surface area contributed by atoms with Crippen LogP contribution in [-0.4, -0.2) is 135 Å². The highest BCUT2D eigenvalue weighted by molar-refractivity contribution is 6.01. The van der Waals surface area contributed by atoms with Gasteiger partial charge in [-0.1, -0.05) is 12.1 Å². The molecule has 358 valence electrons. The van der Waals surface area contributed by atoms with Gasteiger partial charge >= 0.3 is 0 Å². The van der Waals surface area contributed by atoms with Gasteiger partial charge in [-0.15, -0.1) is 0 Å². The molecular formula is C52H53FN12O5. The Morgan fingerprint density at radius 1 is 0.757 bits per heavy atom. The summed E-state index contributed by atoms with van der Waals surface area (Å²) in [5, 5.41) is 31.6. The highest BCUT2D eigenvalue weighted by Gasteiger charge is 2.37. The molecule has 0 bridgehead atoms. The number of hydrogen-bond donors (Lipinski definition) is 3. The number of nitriles is 1. The number of aromatic nitrogens is 4. The molecule has 0 spiro atoms. The Bertz CT molecular complexity index is 2930. The number of nitrogens with one attached hydrogen (secondary N) is 2. The number of rotatable bonds is 11. The third-order valence-corrected chi connectivity index (χ3v) is 14.1. The number of fused-ring (bicyclic) bond motifs is 1. The van der Waals surface area contributed by atoms with Crippen molar-refractivity contribution < 1.29 is 28.7 Å². The van der Waals surface area contributed by atoms with E-state index in [1.165, 1.54) is 12.1 Å². The molecule has 8 heterocycles. The summed E-state index contributed by atoms with van der Waals surface area (Å²) < 4.78 is 15.0. The van der Waals surface area contributed by atoms with Crippen molar-refractivity contribution in [2.45, 2.75) is 50.2 Å². The van der Waals surface area contributed by atoms with Crippen LogP contribution in [0.25, 0.3) is 27.8 Å². The van der Waals surface area contributed by atoms with Crippen LogP contribution in [0.5, 0.6) is 0 Å². The fraction of sp³-hybridized carbons (Fsp3) is 0.346. The molecule has 17 nitrogen and oxygen atoms in total. The van der Waals surface area contributed by atoms with Crippen LogP contribution in [0.4, 0.5) is 27.3 Å². The fourth-order valence-corrected chi connectivity index (χ4v) is 9.91. The van der Waals surface area contributed by atoms with Crippen LogP contribution < -0.4 is 25.3 Å². The summed E-state index contributed by atoms with van der Waals surface area (Å²) in [7, 11) is 0. The summed E-state index contributed by atoms with van der Waals surface area (Å²) in [6.07, 6.45) is 8.36. The summed E-state index contributed by atoms with van der Waals surface area (Å²) in [4.78, 5) is 69.2. The quantitative estimate of drug-likeness (QED) is 0.152. The third-order valence-electron chi connectivity index (χ3n) is 14.1. The number of anilines is 4. The number of piperidine rings is 2. The van der Waals surface area contributed by atoms with Gasteiger partial charge in [0.25, 0.3) is 0 Å². The van der Waals surface area contributed by atoms with Crippen LogP contribution >= 0.6 is 0 Å². The number of carbonyl (C=O) groups is 4. The second-order valence-electron chi connectivity index (χ2n) is 18.5. The monoisotopic (exact) mass is 944 g/mol. The van der Waals surface area contributed by atoms with Crippen LogP contribution in [0, 0.1) is 17.1 Å². The molecule has 4 amide bonds. The number of benzene rings is 2. The Kier molecular flexibility index (Phi) is 12.8. The first-order chi connectivity index (χ1) is 34.0. The van der Waals surface area contributed by atoms with Crippen molar-refractivity contribution in [1.29, 1.82) is 5.26 Å². The van der Waals surface area contributed by atoms with E-state index in [0.717, 1.165) is 51.3 Å². The maximum Gasteiger partial charge on any atom is 0.249 e. The predicted molar refractivity (Wildman–Crippen MR) is 261 cm³/mol. The van der Waals surface area contributed by atoms with E-state index >= 15 is 0 Å². The van der Waals surface area contributed by atoms with Gasteiger partial charge in [0, 0.05) is 124 Å². The smallest absolute Gasteiger partial charge is 0.249 e. The van der Waals surface area contributed by atoms with E-state index in [4.69, 9.17) is 4.98 Å². The van der Waals surface area contributed by atoms with Crippen molar-refractivity contribution in [2.24, 2.45) is 0 Å². The van der Waals surface area contributed by atoms with Gasteiger partial charge in [0.05, 0.1) is 41.9 Å². The van der Waals surface area contributed by atoms with Gasteiger partial charge in [0.15, 0.2) is 0 Å². The number of pyridine rings is 3. The maximum atomic E-state index is 13.6. The molecule has 3 N–H and O–H groups in total. The molecule has 10 rings (SSSR count). The zero-order valence-electron chi connectivity index (χ0n) is 38.6. The van der Waals surface area contributed by atoms with Gasteiger partial charge in [0.1, 0.15) is 23.7 Å². The van der Waals surface area contributed by atoms with Gasteiger partial charge in [-0.05, 0) is 91.6 Å². The molecule has 6 aromatic rings. The van der Waals surface area contributed by atoms with Gasteiger partial charge in [-0.25, -0.2) is 13.9 Å². The highest BCUT2D eigenvalue weighted by Crippen LogP contribution is 2.35. The maximum absolute atomic E-state index is 13.6. The average Bonchev–Trinajstić information content (AvgIpc) is 3.81. The Morgan fingerprint density at radius 3 is 2.06 bits per heavy atom. The number of nitrogens with zero attached hydrogens (tertiary/aromatic N) is 10. The van der Waals surface area contributed by atoms with Crippen molar-refractivity contribution in [3.63, 3.8) is 0 Å². The van der Waals surface area contributed by atoms with E-state index in [1.807, 2.05) is 53.7 Å². The van der Waals surface area contributed by atoms with Gasteiger partial charge < -0.3 is 34.9 Å². The van der Waals surface area contributed by atoms with Crippen molar-refractivity contribution in [2.75, 3.05) is 85.5 Å². The van der Waals surface area contributed by atoms with Crippen molar-refractivity contribution in [3.8, 4) is 28.3 Å². The lowest BCUT2D eigenvalue weighted by molar-refractivity contribution is -0.138. The summed E-state index contributed by atoms with van der Waals surface area (Å²) in [6, 6.07) is 26.8. The second kappa shape index (κ2) is 19.6. The normalized spacial score (nSPS) is 18.4. The number of carbonyl (C=O) groups excluding carboxylic acids is 4. The van der Waals surface area contributed by atoms with Crippen LogP contribution in [0.1, 0.15) is 43.4 Å². The van der Waals surface area contributed by atoms with E-state index in [0.29, 0.717) is 108 Å². The van der Waals surface area contributed by atoms with Crippen LogP contribution in [0.3, 0.4) is 0 Å². The molecule has 1 atom stereocenters. The van der Waals surface area contributed by atoms with Gasteiger partial charge in [-0.3, -0.25) is 29.5 Å². The molecule has 4 aliphatic rings. The predicted octanol–water partition coefficient (Wildman–Crippen LogP) is 4.65. The third kappa shape index (κ3) is 9.97. The fourth-order valence-electron chi connectivity index (χ4n) is 9.91. The van der Waals surface area contributed by atoms with E-state index in [1.54, 1.807) is 15.6 Å². The molecule has 0 aliphatic carbocycles. The van der Waals surface area contributed by atoms with Crippen molar-refractivity contribution >= 4 is 52.0 Å². The van der Waals surface area contributed by atoms with Crippen molar-refractivity contribution in [1.82, 2.24) is 34.7 Å². The lowest BCUT2D eigenvalue weighted by Crippen LogP contribution is -2.52. The minimum Gasteiger partial charge on any atom is -0.389 e. The lowest BCUT2D eigenvalue weighted by Gasteiger charge is -2.41. The molecule has 4 aromatic heterocycles. The largest absolute Gasteiger partial charge is 0.389 e. The van der Waals surface area contributed by atoms with Gasteiger partial charge in [-0.2, -0.15) is 10.4 Å². The van der Waals surface area contributed by atoms with Crippen LogP contribution in [-0.2, 0) is 25.6 Å². The summed E-state index contributed by atoms with van der Waals surface area (Å²) in [5.74, 6) is -0.285. The molecule has 4 aliphatic heterocycles. The molecule has 1 unspecified atom stereocenters. The summed E-state index contributed by atoms with van der Waals surface area (Å²) in [5.41, 5.74) is 7.00. The second-order valence-corrected chi connectivity index (χ2v) is 18.5. The summed E-state index contributed by atoms with van der Waals surface area (Å²) in [6.45, 7) is 5.96. The van der Waals surface area contributed by atoms with E-state index < -0.39 is 17.5 Å². The Hall–Kier alpha value is -7.91. The average molecular weight is 945 g/mol. The van der Waals surface area contributed by atoms with E-state index in [2.05, 4.69) is 71.8 Å². The standard InChI is InChI=1S/C52H53FN12O5/c53-39-4-5-41(55-33-39)28-48(67)63-25-21-62(22-26-63)46-13-3-36(31-56-46)44-27-37(34-65-50(44)38(30-54)32-57-65)35-1-8-42(9-2-35)61-19-23-64(24-20-61)49(68)29-52(70)15-17-60(18-16-52)43-10-6-40(7-11-43)58-45-12-14-47(66)59-51(45)69/h1-11,13,27,31-34,45,58,70H,12,14-26,28-29H2,(H,59,66,69). The molecule has 2 aromatic carbocycles. The SMILES string of the molecule is N#Cc1cnn2cc(-c3ccc(N4CCN(C(=O)CC5(O)CCN(c6ccc(NC7CCC(=O)NC7=O)cc6)CC5)CC4)cc3)cc(-c3ccc(N4CCN(C(=O)Cc5ccc(F)cn5)CC4)nc3)c12. The number of piperazine rings is 2. The molecule has 0 saturated carbocycles. The number of imide groups is 1. The lowest BCUT2D eigenvalue weighted by atomic mass is 9.87. The Labute approximate surface area is 404 Å². The highest BCUT2D eigenvalue weighted by atomic mass is 19.1. The number of aliphatic hydroxyl groups is 1. The topological polar surface area (TPSA) is 196 Å². The van der Waals surface area contributed by atoms with Crippen molar-refractivity contribution in [3.05, 3.63) is 121 Å². The minimum atomic E-state index is -1.07. The summed E-state index contributed by atoms with van der Waals surface area (Å²) >= 11 is 0. The van der Waals surface area contributed by atoms with Gasteiger partial charge in [0.2, 0.25) is 23.6 Å². The Balaban J connectivity index is 0.721. The Morgan fingerprint density at radius 2 is 1.41 bits per heavy atom.